The molecule has 1 unspecified atom stereocenters. The molecule has 108 valence electrons. The molecule has 0 bridgehead atoms. The third-order valence-electron chi connectivity index (χ3n) is 3.38. The summed E-state index contributed by atoms with van der Waals surface area (Å²) in [6.07, 6.45) is 2.90. The van der Waals surface area contributed by atoms with Crippen molar-refractivity contribution in [2.75, 3.05) is 7.05 Å². The number of rotatable bonds is 5. The number of benzene rings is 1. The van der Waals surface area contributed by atoms with Gasteiger partial charge in [-0.25, -0.2) is 0 Å². The van der Waals surface area contributed by atoms with Crippen LogP contribution in [-0.4, -0.2) is 16.8 Å². The molecule has 0 aliphatic carbocycles. The fourth-order valence-corrected chi connectivity index (χ4v) is 3.12. The van der Waals surface area contributed by atoms with Crippen molar-refractivity contribution in [1.82, 2.24) is 15.1 Å². The van der Waals surface area contributed by atoms with Crippen LogP contribution >= 0.6 is 27.5 Å². The van der Waals surface area contributed by atoms with Gasteiger partial charge < -0.3 is 5.32 Å². The van der Waals surface area contributed by atoms with Crippen LogP contribution in [0.1, 0.15) is 36.2 Å². The van der Waals surface area contributed by atoms with E-state index in [0.29, 0.717) is 0 Å². The van der Waals surface area contributed by atoms with Crippen LogP contribution in [0.15, 0.2) is 28.9 Å². The predicted molar refractivity (Wildman–Crippen MR) is 87.3 cm³/mol. The Morgan fingerprint density at radius 3 is 2.85 bits per heavy atom. The molecule has 20 heavy (non-hydrogen) atoms. The molecule has 1 heterocycles. The highest BCUT2D eigenvalue weighted by Crippen LogP contribution is 2.31. The first-order chi connectivity index (χ1) is 9.58. The lowest BCUT2D eigenvalue weighted by Crippen LogP contribution is -2.23. The third-order valence-corrected chi connectivity index (χ3v) is 4.23. The van der Waals surface area contributed by atoms with Crippen LogP contribution in [0.5, 0.6) is 0 Å². The Morgan fingerprint density at radius 2 is 2.20 bits per heavy atom. The molecule has 2 rings (SSSR count). The monoisotopic (exact) mass is 355 g/mol. The highest BCUT2D eigenvalue weighted by Gasteiger charge is 2.22. The number of hydrogen-bond acceptors (Lipinski definition) is 2. The second-order valence-corrected chi connectivity index (χ2v) is 6.11. The lowest BCUT2D eigenvalue weighted by atomic mass is 9.98. The van der Waals surface area contributed by atoms with Crippen LogP contribution in [-0.2, 0) is 6.54 Å². The van der Waals surface area contributed by atoms with Crippen LogP contribution in [0, 0.1) is 6.92 Å². The van der Waals surface area contributed by atoms with Crippen molar-refractivity contribution in [3.8, 4) is 0 Å². The Bertz CT molecular complexity index is 595. The first-order valence-electron chi connectivity index (χ1n) is 6.73. The first kappa shape index (κ1) is 15.5. The highest BCUT2D eigenvalue weighted by atomic mass is 79.9. The van der Waals surface area contributed by atoms with Crippen molar-refractivity contribution in [3.05, 3.63) is 50.7 Å². The van der Waals surface area contributed by atoms with Crippen molar-refractivity contribution < 1.29 is 0 Å². The van der Waals surface area contributed by atoms with E-state index in [9.17, 15) is 0 Å². The summed E-state index contributed by atoms with van der Waals surface area (Å²) in [5, 5.41) is 8.58. The minimum atomic E-state index is 0.0668. The average molecular weight is 357 g/mol. The molecular formula is C15H19BrClN3. The van der Waals surface area contributed by atoms with Crippen LogP contribution in [0.25, 0.3) is 0 Å². The number of hydrogen-bond donors (Lipinski definition) is 1. The molecule has 0 fully saturated rings. The highest BCUT2D eigenvalue weighted by molar-refractivity contribution is 9.10. The van der Waals surface area contributed by atoms with Gasteiger partial charge in [0.1, 0.15) is 0 Å². The van der Waals surface area contributed by atoms with Crippen LogP contribution < -0.4 is 5.32 Å². The molecule has 3 nitrogen and oxygen atoms in total. The molecule has 1 aromatic heterocycles. The van der Waals surface area contributed by atoms with E-state index < -0.39 is 0 Å². The first-order valence-corrected chi connectivity index (χ1v) is 7.90. The van der Waals surface area contributed by atoms with E-state index in [4.69, 9.17) is 11.6 Å². The summed E-state index contributed by atoms with van der Waals surface area (Å²) in [5.41, 5.74) is 3.53. The summed E-state index contributed by atoms with van der Waals surface area (Å²) in [6.45, 7) is 5.15. The van der Waals surface area contributed by atoms with Gasteiger partial charge in [-0.15, -0.1) is 0 Å². The van der Waals surface area contributed by atoms with Gasteiger partial charge in [0.2, 0.25) is 0 Å². The molecule has 0 aliphatic rings. The molecule has 1 N–H and O–H groups in total. The quantitative estimate of drug-likeness (QED) is 0.864. The van der Waals surface area contributed by atoms with Gasteiger partial charge in [0.15, 0.2) is 0 Å². The SMILES string of the molecule is CCCn1ncc(Br)c1C(NC)c1cc(Cl)ccc1C. The van der Waals surface area contributed by atoms with Crippen molar-refractivity contribution >= 4 is 27.5 Å². The zero-order valence-electron chi connectivity index (χ0n) is 12.0. The van der Waals surface area contributed by atoms with E-state index in [1.54, 1.807) is 0 Å². The third kappa shape index (κ3) is 3.08. The van der Waals surface area contributed by atoms with Gasteiger partial charge in [0.25, 0.3) is 0 Å². The van der Waals surface area contributed by atoms with Crippen LogP contribution in [0.4, 0.5) is 0 Å². The normalized spacial score (nSPS) is 12.7. The zero-order chi connectivity index (χ0) is 14.7. The van der Waals surface area contributed by atoms with Crippen LogP contribution in [0.2, 0.25) is 5.02 Å². The summed E-state index contributed by atoms with van der Waals surface area (Å²) in [6, 6.07) is 6.06. The maximum atomic E-state index is 6.16. The lowest BCUT2D eigenvalue weighted by molar-refractivity contribution is 0.532. The number of aromatic nitrogens is 2. The molecule has 0 spiro atoms. The standard InChI is InChI=1S/C15H19BrClN3/c1-4-7-20-15(13(16)9-19-20)14(18-3)12-8-11(17)6-5-10(12)2/h5-6,8-9,14,18H,4,7H2,1-3H3. The van der Waals surface area contributed by atoms with Gasteiger partial charge in [-0.05, 0) is 59.6 Å². The second-order valence-electron chi connectivity index (χ2n) is 4.82. The van der Waals surface area contributed by atoms with E-state index >= 15 is 0 Å². The van der Waals surface area contributed by atoms with E-state index in [-0.39, 0.29) is 6.04 Å². The molecule has 5 heteroatoms. The molecule has 0 saturated heterocycles. The van der Waals surface area contributed by atoms with Gasteiger partial charge in [-0.3, -0.25) is 4.68 Å². The smallest absolute Gasteiger partial charge is 0.0760 e. The van der Waals surface area contributed by atoms with Crippen molar-refractivity contribution in [2.45, 2.75) is 32.9 Å². The maximum Gasteiger partial charge on any atom is 0.0760 e. The summed E-state index contributed by atoms with van der Waals surface area (Å²) >= 11 is 9.77. The van der Waals surface area contributed by atoms with Crippen molar-refractivity contribution in [3.63, 3.8) is 0 Å². The Morgan fingerprint density at radius 1 is 1.45 bits per heavy atom. The van der Waals surface area contributed by atoms with Gasteiger partial charge in [0.05, 0.1) is 22.4 Å². The van der Waals surface area contributed by atoms with Crippen molar-refractivity contribution in [1.29, 1.82) is 0 Å². The lowest BCUT2D eigenvalue weighted by Gasteiger charge is -2.21. The zero-order valence-corrected chi connectivity index (χ0v) is 14.3. The number of nitrogens with zero attached hydrogens (tertiary/aromatic N) is 2. The summed E-state index contributed by atoms with van der Waals surface area (Å²) in [4.78, 5) is 0. The average Bonchev–Trinajstić information content (AvgIpc) is 2.77. The van der Waals surface area contributed by atoms with E-state index in [1.165, 1.54) is 11.1 Å². The molecule has 0 saturated carbocycles. The maximum absolute atomic E-state index is 6.16. The molecule has 1 atom stereocenters. The summed E-state index contributed by atoms with van der Waals surface area (Å²) in [5.74, 6) is 0. The molecular weight excluding hydrogens is 338 g/mol. The molecule has 2 aromatic rings. The largest absolute Gasteiger partial charge is 0.308 e. The van der Waals surface area contributed by atoms with Gasteiger partial charge >= 0.3 is 0 Å². The minimum Gasteiger partial charge on any atom is -0.308 e. The topological polar surface area (TPSA) is 29.9 Å². The summed E-state index contributed by atoms with van der Waals surface area (Å²) in [7, 11) is 1.96. The van der Waals surface area contributed by atoms with Gasteiger partial charge in [-0.2, -0.15) is 5.10 Å². The Kier molecular flexibility index (Phi) is 5.24. The Balaban J connectivity index is 2.52. The number of halogens is 2. The van der Waals surface area contributed by atoms with E-state index in [0.717, 1.165) is 28.2 Å². The Hall–Kier alpha value is -0.840. The minimum absolute atomic E-state index is 0.0668. The Labute approximate surface area is 133 Å². The number of aryl methyl sites for hydroxylation is 2. The van der Waals surface area contributed by atoms with Gasteiger partial charge in [-0.1, -0.05) is 24.6 Å². The summed E-state index contributed by atoms with van der Waals surface area (Å²) < 4.78 is 3.07. The molecule has 0 amide bonds. The van der Waals surface area contributed by atoms with E-state index in [2.05, 4.69) is 46.3 Å². The predicted octanol–water partition coefficient (Wildman–Crippen LogP) is 4.33. The molecule has 0 aliphatic heterocycles. The fourth-order valence-electron chi connectivity index (χ4n) is 2.41. The van der Waals surface area contributed by atoms with E-state index in [1.807, 2.05) is 30.1 Å². The molecule has 0 radical (unpaired) electrons. The van der Waals surface area contributed by atoms with Crippen LogP contribution in [0.3, 0.4) is 0 Å². The van der Waals surface area contributed by atoms with Gasteiger partial charge in [0, 0.05) is 11.6 Å². The number of nitrogens with one attached hydrogen (secondary N) is 1. The second kappa shape index (κ2) is 6.74. The molecule has 1 aromatic carbocycles. The fraction of sp³-hybridized carbons (Fsp3) is 0.400. The van der Waals surface area contributed by atoms with Crippen molar-refractivity contribution in [2.24, 2.45) is 0 Å².